The maximum Gasteiger partial charge on any atom is 0.0596 e. The standard InChI is InChI=1S/C16H13BrClN3/c1-9-7-10-11(8-20-9)13(19)5-6-14(10)21-15-4-2-3-12(18)16(15)17/h2-8,21H,19H2,1H3. The van der Waals surface area contributed by atoms with Crippen LogP contribution in [0.3, 0.4) is 0 Å². The number of benzene rings is 2. The third-order valence-corrected chi connectivity index (χ3v) is 4.69. The molecule has 0 saturated carbocycles. The van der Waals surface area contributed by atoms with Gasteiger partial charge in [-0.3, -0.25) is 4.98 Å². The molecule has 0 unspecified atom stereocenters. The first-order valence-electron chi connectivity index (χ1n) is 6.42. The molecule has 1 aromatic heterocycles. The van der Waals surface area contributed by atoms with Crippen LogP contribution in [0.4, 0.5) is 17.1 Å². The van der Waals surface area contributed by atoms with Crippen molar-refractivity contribution in [3.8, 4) is 0 Å². The number of hydrogen-bond acceptors (Lipinski definition) is 3. The Morgan fingerprint density at radius 2 is 1.95 bits per heavy atom. The predicted molar refractivity (Wildman–Crippen MR) is 93.3 cm³/mol. The molecule has 0 radical (unpaired) electrons. The third-order valence-electron chi connectivity index (χ3n) is 3.29. The fraction of sp³-hybridized carbons (Fsp3) is 0.0625. The summed E-state index contributed by atoms with van der Waals surface area (Å²) in [6.07, 6.45) is 1.80. The van der Waals surface area contributed by atoms with E-state index in [2.05, 4.69) is 26.2 Å². The number of pyridine rings is 1. The highest BCUT2D eigenvalue weighted by Crippen LogP contribution is 2.35. The summed E-state index contributed by atoms with van der Waals surface area (Å²) in [6, 6.07) is 11.6. The Morgan fingerprint density at radius 3 is 2.76 bits per heavy atom. The minimum atomic E-state index is 0.664. The summed E-state index contributed by atoms with van der Waals surface area (Å²) >= 11 is 9.63. The first-order valence-corrected chi connectivity index (χ1v) is 7.59. The summed E-state index contributed by atoms with van der Waals surface area (Å²) in [5, 5.41) is 6.03. The quantitative estimate of drug-likeness (QED) is 0.609. The molecule has 0 spiro atoms. The first kappa shape index (κ1) is 14.2. The van der Waals surface area contributed by atoms with Gasteiger partial charge in [0.05, 0.1) is 15.2 Å². The number of nitrogens with two attached hydrogens (primary N) is 1. The molecular formula is C16H13BrClN3. The second-order valence-electron chi connectivity index (χ2n) is 4.80. The second-order valence-corrected chi connectivity index (χ2v) is 6.00. The van der Waals surface area contributed by atoms with Crippen molar-refractivity contribution in [3.05, 3.63) is 57.8 Å². The van der Waals surface area contributed by atoms with Crippen molar-refractivity contribution in [3.63, 3.8) is 0 Å². The zero-order chi connectivity index (χ0) is 15.0. The highest BCUT2D eigenvalue weighted by molar-refractivity contribution is 9.10. The van der Waals surface area contributed by atoms with E-state index in [9.17, 15) is 0 Å². The fourth-order valence-corrected chi connectivity index (χ4v) is 2.76. The Balaban J connectivity index is 2.15. The Labute approximate surface area is 136 Å². The van der Waals surface area contributed by atoms with Crippen LogP contribution in [0.15, 0.2) is 47.1 Å². The molecule has 3 nitrogen and oxygen atoms in total. The van der Waals surface area contributed by atoms with Gasteiger partial charge in [-0.2, -0.15) is 0 Å². The van der Waals surface area contributed by atoms with Crippen molar-refractivity contribution < 1.29 is 0 Å². The van der Waals surface area contributed by atoms with Crippen molar-refractivity contribution >= 4 is 55.4 Å². The second kappa shape index (κ2) is 5.54. The Morgan fingerprint density at radius 1 is 1.14 bits per heavy atom. The predicted octanol–water partition coefficient (Wildman–Crippen LogP) is 5.28. The highest BCUT2D eigenvalue weighted by Gasteiger charge is 2.08. The van der Waals surface area contributed by atoms with Crippen LogP contribution in [0.2, 0.25) is 5.02 Å². The van der Waals surface area contributed by atoms with Crippen LogP contribution < -0.4 is 11.1 Å². The lowest BCUT2D eigenvalue weighted by molar-refractivity contribution is 1.22. The lowest BCUT2D eigenvalue weighted by Crippen LogP contribution is -1.96. The van der Waals surface area contributed by atoms with Gasteiger partial charge in [-0.05, 0) is 53.2 Å². The SMILES string of the molecule is Cc1cc2c(Nc3cccc(Cl)c3Br)ccc(N)c2cn1. The fourth-order valence-electron chi connectivity index (χ4n) is 2.22. The molecule has 3 N–H and O–H groups in total. The van der Waals surface area contributed by atoms with Gasteiger partial charge in [0.25, 0.3) is 0 Å². The number of fused-ring (bicyclic) bond motifs is 1. The number of aromatic nitrogens is 1. The molecule has 0 aliphatic carbocycles. The van der Waals surface area contributed by atoms with Crippen LogP contribution in [-0.2, 0) is 0 Å². The third kappa shape index (κ3) is 2.69. The first-order chi connectivity index (χ1) is 10.1. The van der Waals surface area contributed by atoms with Crippen molar-refractivity contribution in [2.45, 2.75) is 6.92 Å². The number of rotatable bonds is 2. The van der Waals surface area contributed by atoms with Gasteiger partial charge in [0.15, 0.2) is 0 Å². The van der Waals surface area contributed by atoms with Crippen LogP contribution in [0.5, 0.6) is 0 Å². The van der Waals surface area contributed by atoms with E-state index in [-0.39, 0.29) is 0 Å². The average molecular weight is 363 g/mol. The molecule has 5 heteroatoms. The number of nitrogens with zero attached hydrogens (tertiary/aromatic N) is 1. The van der Waals surface area contributed by atoms with E-state index in [1.165, 1.54) is 0 Å². The molecule has 21 heavy (non-hydrogen) atoms. The molecule has 0 amide bonds. The van der Waals surface area contributed by atoms with E-state index in [4.69, 9.17) is 17.3 Å². The van der Waals surface area contributed by atoms with Crippen LogP contribution in [0, 0.1) is 6.92 Å². The zero-order valence-corrected chi connectivity index (χ0v) is 13.7. The lowest BCUT2D eigenvalue weighted by atomic mass is 10.1. The molecule has 3 rings (SSSR count). The maximum absolute atomic E-state index is 6.13. The monoisotopic (exact) mass is 361 g/mol. The van der Waals surface area contributed by atoms with Gasteiger partial charge in [-0.25, -0.2) is 0 Å². The number of hydrogen-bond donors (Lipinski definition) is 2. The van der Waals surface area contributed by atoms with Crippen molar-refractivity contribution in [2.24, 2.45) is 0 Å². The van der Waals surface area contributed by atoms with Gasteiger partial charge < -0.3 is 11.1 Å². The van der Waals surface area contributed by atoms with E-state index in [0.717, 1.165) is 32.3 Å². The van der Waals surface area contributed by atoms with Crippen LogP contribution >= 0.6 is 27.5 Å². The molecule has 0 aliphatic heterocycles. The molecule has 0 aliphatic rings. The van der Waals surface area contributed by atoms with Gasteiger partial charge in [-0.1, -0.05) is 17.7 Å². The lowest BCUT2D eigenvalue weighted by Gasteiger charge is -2.13. The van der Waals surface area contributed by atoms with Crippen LogP contribution in [0.25, 0.3) is 10.8 Å². The van der Waals surface area contributed by atoms with Crippen molar-refractivity contribution in [1.29, 1.82) is 0 Å². The molecule has 106 valence electrons. The zero-order valence-electron chi connectivity index (χ0n) is 11.3. The molecule has 3 aromatic rings. The Bertz CT molecular complexity index is 833. The van der Waals surface area contributed by atoms with Gasteiger partial charge in [0.2, 0.25) is 0 Å². The summed E-state index contributed by atoms with van der Waals surface area (Å²) in [6.45, 7) is 1.96. The summed E-state index contributed by atoms with van der Waals surface area (Å²) in [5.74, 6) is 0. The average Bonchev–Trinajstić information content (AvgIpc) is 2.46. The Hall–Kier alpha value is -1.78. The minimum absolute atomic E-state index is 0.664. The summed E-state index contributed by atoms with van der Waals surface area (Å²) in [4.78, 5) is 4.31. The summed E-state index contributed by atoms with van der Waals surface area (Å²) in [7, 11) is 0. The molecular weight excluding hydrogens is 350 g/mol. The van der Waals surface area contributed by atoms with Gasteiger partial charge in [0, 0.05) is 34.0 Å². The molecule has 0 bridgehead atoms. The van der Waals surface area contributed by atoms with Crippen molar-refractivity contribution in [1.82, 2.24) is 4.98 Å². The summed E-state index contributed by atoms with van der Waals surface area (Å²) in [5.41, 5.74) is 9.56. The van der Waals surface area contributed by atoms with Gasteiger partial charge in [0.1, 0.15) is 0 Å². The normalized spacial score (nSPS) is 10.8. The van der Waals surface area contributed by atoms with E-state index in [1.807, 2.05) is 43.3 Å². The largest absolute Gasteiger partial charge is 0.398 e. The van der Waals surface area contributed by atoms with Gasteiger partial charge >= 0.3 is 0 Å². The van der Waals surface area contributed by atoms with Crippen molar-refractivity contribution in [2.75, 3.05) is 11.1 Å². The number of anilines is 3. The topological polar surface area (TPSA) is 50.9 Å². The van der Waals surface area contributed by atoms with E-state index >= 15 is 0 Å². The maximum atomic E-state index is 6.13. The van der Waals surface area contributed by atoms with Crippen LogP contribution in [-0.4, -0.2) is 4.98 Å². The minimum Gasteiger partial charge on any atom is -0.398 e. The number of nitrogen functional groups attached to an aromatic ring is 1. The molecule has 1 heterocycles. The number of halogens is 2. The molecule has 0 saturated heterocycles. The van der Waals surface area contributed by atoms with Gasteiger partial charge in [-0.15, -0.1) is 0 Å². The van der Waals surface area contributed by atoms with Crippen LogP contribution in [0.1, 0.15) is 5.69 Å². The smallest absolute Gasteiger partial charge is 0.0596 e. The highest BCUT2D eigenvalue weighted by atomic mass is 79.9. The summed E-state index contributed by atoms with van der Waals surface area (Å²) < 4.78 is 0.836. The number of nitrogens with one attached hydrogen (secondary N) is 1. The molecule has 0 fully saturated rings. The van der Waals surface area contributed by atoms with E-state index < -0.39 is 0 Å². The number of aryl methyl sites for hydroxylation is 1. The molecule has 2 aromatic carbocycles. The van der Waals surface area contributed by atoms with E-state index in [0.29, 0.717) is 10.7 Å². The van der Waals surface area contributed by atoms with E-state index in [1.54, 1.807) is 6.20 Å². The Kier molecular flexibility index (Phi) is 3.74. The molecule has 0 atom stereocenters.